The van der Waals surface area contributed by atoms with Gasteiger partial charge in [-0.15, -0.1) is 0 Å². The van der Waals surface area contributed by atoms with E-state index in [0.29, 0.717) is 60.2 Å². The Morgan fingerprint density at radius 3 is 1.20 bits per heavy atom. The molecule has 12 rings (SSSR count). The fourth-order valence-electron chi connectivity index (χ4n) is 9.33. The summed E-state index contributed by atoms with van der Waals surface area (Å²) in [4.78, 5) is 66.8. The highest BCUT2D eigenvalue weighted by Crippen LogP contribution is 2.41. The Kier molecular flexibility index (Phi) is 22.3. The lowest BCUT2D eigenvalue weighted by atomic mass is 10.1. The van der Waals surface area contributed by atoms with Crippen molar-refractivity contribution >= 4 is 61.4 Å². The number of rotatable bonds is 12. The van der Waals surface area contributed by atoms with E-state index in [4.69, 9.17) is 32.0 Å². The molecule has 0 radical (unpaired) electrons. The van der Waals surface area contributed by atoms with Crippen molar-refractivity contribution in [2.24, 2.45) is 0 Å². The minimum atomic E-state index is -5.04. The summed E-state index contributed by atoms with van der Waals surface area (Å²) < 4.78 is 254. The molecular weight excluding hydrogens is 1460 g/mol. The zero-order valence-corrected chi connectivity index (χ0v) is 51.6. The maximum Gasteiger partial charge on any atom is 0.421 e. The van der Waals surface area contributed by atoms with E-state index in [1.807, 2.05) is 0 Å². The molecule has 5 N–H and O–H groups in total. The number of nitrogen functional groups attached to an aromatic ring is 1. The van der Waals surface area contributed by atoms with Gasteiger partial charge in [0.15, 0.2) is 5.69 Å². The summed E-state index contributed by atoms with van der Waals surface area (Å²) in [5, 5.41) is 36.6. The number of alkyl halides is 9. The van der Waals surface area contributed by atoms with Crippen molar-refractivity contribution in [3.63, 3.8) is 0 Å². The van der Waals surface area contributed by atoms with Crippen molar-refractivity contribution in [3.05, 3.63) is 284 Å². The molecule has 0 aliphatic rings. The molecular formula is C63H35ClF18N12O10. The number of pyridine rings is 3. The molecule has 0 amide bonds. The molecule has 12 aromatic rings. The van der Waals surface area contributed by atoms with Gasteiger partial charge in [-0.25, -0.2) is 59.7 Å². The largest absolute Gasteiger partial charge is 0.595 e. The van der Waals surface area contributed by atoms with Crippen LogP contribution in [0.1, 0.15) is 33.4 Å². The van der Waals surface area contributed by atoms with Gasteiger partial charge in [-0.3, -0.25) is 24.5 Å². The van der Waals surface area contributed by atoms with Gasteiger partial charge in [0.25, 0.3) is 22.4 Å². The number of aromatic nitrogens is 9. The van der Waals surface area contributed by atoms with E-state index in [0.717, 1.165) is 49.6 Å². The van der Waals surface area contributed by atoms with Gasteiger partial charge >= 0.3 is 18.5 Å². The van der Waals surface area contributed by atoms with Crippen molar-refractivity contribution in [1.82, 2.24) is 43.6 Å². The summed E-state index contributed by atoms with van der Waals surface area (Å²) in [5.41, 5.74) is -3.16. The van der Waals surface area contributed by atoms with E-state index in [1.54, 1.807) is 0 Å². The molecule has 0 saturated carbocycles. The quantitative estimate of drug-likeness (QED) is 0.0382. The molecule has 0 spiro atoms. The van der Waals surface area contributed by atoms with Crippen LogP contribution in [0.4, 0.5) is 96.1 Å². The maximum atomic E-state index is 14.1. The number of phenolic OH excluding ortho intramolecular Hbond substituents is 1. The number of aromatic hydroxyl groups is 1. The first-order valence-corrected chi connectivity index (χ1v) is 28.5. The number of nitrogens with zero attached hydrogens (tertiary/aromatic N) is 10. The summed E-state index contributed by atoms with van der Waals surface area (Å²) in [7, 11) is 0. The Morgan fingerprint density at radius 2 is 0.837 bits per heavy atom. The minimum Gasteiger partial charge on any atom is -0.595 e. The zero-order valence-electron chi connectivity index (χ0n) is 50.9. The monoisotopic (exact) mass is 1500 g/mol. The Bertz CT molecular complexity index is 5450. The Labute approximate surface area is 569 Å². The van der Waals surface area contributed by atoms with Gasteiger partial charge in [0, 0.05) is 65.2 Å². The molecule has 540 valence electrons. The van der Waals surface area contributed by atoms with Crippen molar-refractivity contribution < 1.29 is 109 Å². The maximum absolute atomic E-state index is 14.1. The van der Waals surface area contributed by atoms with Crippen LogP contribution in [0, 0.1) is 67.7 Å². The van der Waals surface area contributed by atoms with E-state index in [9.17, 15) is 114 Å². The van der Waals surface area contributed by atoms with Crippen LogP contribution in [0.15, 0.2) is 161 Å². The highest BCUT2D eigenvalue weighted by molar-refractivity contribution is 6.30. The molecule has 6 heterocycles. The molecule has 0 saturated heterocycles. The van der Waals surface area contributed by atoms with E-state index in [-0.39, 0.29) is 68.3 Å². The molecule has 0 bridgehead atoms. The number of hydrogen-bond donors (Lipinski definition) is 4. The van der Waals surface area contributed by atoms with Crippen LogP contribution in [-0.2, 0) is 38.2 Å². The van der Waals surface area contributed by atoms with Gasteiger partial charge in [0.1, 0.15) is 92.1 Å². The van der Waals surface area contributed by atoms with Crippen LogP contribution < -0.4 is 37.1 Å². The molecule has 1 unspecified atom stereocenters. The lowest BCUT2D eigenvalue weighted by Crippen LogP contribution is -2.99. The van der Waals surface area contributed by atoms with E-state index >= 15 is 0 Å². The summed E-state index contributed by atoms with van der Waals surface area (Å²) >= 11 is 5.16. The van der Waals surface area contributed by atoms with Gasteiger partial charge in [-0.1, -0.05) is 11.6 Å². The molecule has 0 aliphatic heterocycles. The minimum absolute atomic E-state index is 0.0909. The van der Waals surface area contributed by atoms with Crippen molar-refractivity contribution in [2.45, 2.75) is 38.2 Å². The molecule has 6 aromatic heterocycles. The summed E-state index contributed by atoms with van der Waals surface area (Å²) in [5.74, 6) is -12.2. The molecule has 22 nitrogen and oxygen atoms in total. The second-order valence-electron chi connectivity index (χ2n) is 21.1. The number of halogens is 19. The number of nitro groups is 1. The lowest BCUT2D eigenvalue weighted by Gasteiger charge is -2.14. The summed E-state index contributed by atoms with van der Waals surface area (Å²) in [6.07, 6.45) is -9.05. The summed E-state index contributed by atoms with van der Waals surface area (Å²) in [6, 6.07) is 15.6. The first-order valence-electron chi connectivity index (χ1n) is 28.2. The van der Waals surface area contributed by atoms with Crippen molar-refractivity contribution in [1.29, 1.82) is 0 Å². The van der Waals surface area contributed by atoms with E-state index in [2.05, 4.69) is 29.9 Å². The molecule has 104 heavy (non-hydrogen) atoms. The second kappa shape index (κ2) is 30.5. The molecule has 6 aromatic carbocycles. The Balaban J connectivity index is 0.000000169. The van der Waals surface area contributed by atoms with Crippen LogP contribution in [-0.4, -0.2) is 58.8 Å². The molecule has 0 aliphatic carbocycles. The van der Waals surface area contributed by atoms with Gasteiger partial charge in [0.05, 0.1) is 99.9 Å². The number of anilines is 1. The fourth-order valence-corrected chi connectivity index (χ4v) is 9.54. The third kappa shape index (κ3) is 17.9. The number of benzene rings is 6. The smallest absolute Gasteiger partial charge is 0.421 e. The van der Waals surface area contributed by atoms with Crippen molar-refractivity contribution in [3.8, 4) is 29.0 Å². The zero-order chi connectivity index (χ0) is 76.2. The highest BCUT2D eigenvalue weighted by Gasteiger charge is 2.39. The predicted octanol–water partition coefficient (Wildman–Crippen LogP) is 13.4. The average Bonchev–Trinajstić information content (AvgIpc) is 0.785. The number of nitrogens with two attached hydrogens (primary N) is 1. The second-order valence-corrected chi connectivity index (χ2v) is 21.5. The third-order valence-corrected chi connectivity index (χ3v) is 14.4. The average molecular weight is 1500 g/mol. The fraction of sp³-hybridized carbons (Fsp3) is 0.0952. The van der Waals surface area contributed by atoms with Gasteiger partial charge < -0.3 is 39.2 Å². The number of phenols is 1. The highest BCUT2D eigenvalue weighted by atomic mass is 35.5. The van der Waals surface area contributed by atoms with Crippen LogP contribution in [0.5, 0.6) is 29.0 Å². The van der Waals surface area contributed by atoms with Crippen molar-refractivity contribution in [2.75, 3.05) is 5.73 Å². The topological polar surface area (TPSA) is 299 Å². The molecule has 41 heteroatoms. The normalized spacial score (nSPS) is 11.9. The number of hydrogen-bond acceptors (Lipinski definition) is 17. The van der Waals surface area contributed by atoms with Gasteiger partial charge in [0.2, 0.25) is 11.8 Å². The van der Waals surface area contributed by atoms with Crippen LogP contribution >= 0.6 is 11.6 Å². The Hall–Kier alpha value is -12.3. The van der Waals surface area contributed by atoms with Crippen LogP contribution in [0.2, 0.25) is 5.15 Å². The predicted molar refractivity (Wildman–Crippen MR) is 326 cm³/mol. The van der Waals surface area contributed by atoms with Gasteiger partial charge in [-0.05, 0) is 60.7 Å². The number of quaternary nitrogens is 1. The SMILES string of the molecule is Nc1cnc(Oc2ccc3c(c2)c(=O)ncn3Cc2c(F)cc(F)cc2F)c(C(F)(F)F)c1.O=c1ncn(Cc2c(F)cc(F)cc2F)c2ccc(O)cc12.O=c1ncn(Cc2c(F)cc(F)cc2F)c2ccc(Oc3ncc([N+](=O)[O-])cc3C(F)(F)F)cc12.[O-][NH+](O)c1cnc(Cl)c(C(F)(F)F)c1. The lowest BCUT2D eigenvalue weighted by molar-refractivity contribution is -0.991. The Morgan fingerprint density at radius 1 is 0.481 bits per heavy atom. The standard InChI is InChI=1S/C21H10F6N4O4.C21H12F6N4O2.C15H9F3N2O2.C6H4ClF3N2O2/c22-10-3-16(23)14(17(24)4-10)8-30-9-29-19(32)13-6-12(1-2-18(13)30)35-20-15(21(25,26)27)5-11(7-28-20)31(33)34;22-10-3-16(23)14(17(24)4-10)8-31-9-30-19(32)13-6-12(1-2-18(13)31)33-20-15(21(25,26)27)5-11(28)7-29-20;16-8-3-12(17)11(13(18)4-8)6-20-7-19-15(22)10-5-9(21)1-2-14(10)20;7-5-4(6(8,9)10)1-3(2-11-5)12(13)14/h1-7,9H,8H2;1-7,9H,8,28H2;1-5,7,21H,6H2;1-2,12-13H. The van der Waals surface area contributed by atoms with E-state index in [1.165, 1.54) is 50.1 Å². The molecule has 0 fully saturated rings. The third-order valence-electron chi connectivity index (χ3n) is 14.1. The summed E-state index contributed by atoms with van der Waals surface area (Å²) in [6.45, 7) is -1.18. The number of ether oxygens (including phenoxy) is 2. The number of fused-ring (bicyclic) bond motifs is 3. The number of nitrogens with one attached hydrogen (secondary N) is 1. The van der Waals surface area contributed by atoms with Crippen LogP contribution in [0.25, 0.3) is 32.7 Å². The first-order chi connectivity index (χ1) is 48.7. The van der Waals surface area contributed by atoms with Gasteiger partial charge in [-0.2, -0.15) is 59.7 Å². The molecule has 1 atom stereocenters. The first kappa shape index (κ1) is 75.9. The van der Waals surface area contributed by atoms with E-state index < -0.39 is 167 Å². The van der Waals surface area contributed by atoms with Crippen LogP contribution in [0.3, 0.4) is 0 Å².